The summed E-state index contributed by atoms with van der Waals surface area (Å²) in [4.78, 5) is 30.1. The molecule has 0 radical (unpaired) electrons. The van der Waals surface area contributed by atoms with Crippen molar-refractivity contribution >= 4 is 27.9 Å². The first kappa shape index (κ1) is 32.8. The summed E-state index contributed by atoms with van der Waals surface area (Å²) in [5.41, 5.74) is 0.103. The summed E-state index contributed by atoms with van der Waals surface area (Å²) in [6, 6.07) is 14.1. The van der Waals surface area contributed by atoms with Crippen LogP contribution in [0, 0.1) is 5.82 Å². The zero-order valence-electron chi connectivity index (χ0n) is 26.3. The van der Waals surface area contributed by atoms with E-state index in [0.29, 0.717) is 37.4 Å². The van der Waals surface area contributed by atoms with Crippen LogP contribution in [0.15, 0.2) is 65.7 Å². The number of anilines is 1. The highest BCUT2D eigenvalue weighted by molar-refractivity contribution is 7.90. The molecule has 1 saturated heterocycles. The molecule has 0 aliphatic carbocycles. The lowest BCUT2D eigenvalue weighted by Gasteiger charge is -2.36. The molecule has 1 aliphatic rings. The van der Waals surface area contributed by atoms with E-state index in [2.05, 4.69) is 0 Å². The van der Waals surface area contributed by atoms with Crippen molar-refractivity contribution in [3.63, 3.8) is 0 Å². The van der Waals surface area contributed by atoms with Crippen molar-refractivity contribution in [1.82, 2.24) is 13.8 Å². The summed E-state index contributed by atoms with van der Waals surface area (Å²) < 4.78 is 55.2. The number of amides is 2. The fourth-order valence-electron chi connectivity index (χ4n) is 4.75. The Morgan fingerprint density at radius 2 is 1.52 bits per heavy atom. The summed E-state index contributed by atoms with van der Waals surface area (Å²) in [5, 5.41) is 0. The van der Waals surface area contributed by atoms with Crippen LogP contribution in [-0.4, -0.2) is 78.8 Å². The number of hydrogen-bond donors (Lipinski definition) is 0. The number of hydrogen-bond acceptors (Lipinski definition) is 7. The molecule has 2 amide bonds. The molecule has 44 heavy (non-hydrogen) atoms. The Kier molecular flexibility index (Phi) is 9.34. The van der Waals surface area contributed by atoms with Gasteiger partial charge in [-0.3, -0.25) is 0 Å². The maximum atomic E-state index is 15.0. The van der Waals surface area contributed by atoms with Gasteiger partial charge in [0.1, 0.15) is 17.0 Å². The molecule has 238 valence electrons. The minimum atomic E-state index is -4.20. The van der Waals surface area contributed by atoms with Gasteiger partial charge in [0.2, 0.25) is 0 Å². The van der Waals surface area contributed by atoms with Crippen LogP contribution in [0.1, 0.15) is 47.1 Å². The maximum Gasteiger partial charge on any atom is 0.410 e. The number of halogens is 1. The molecule has 1 aromatic heterocycles. The van der Waals surface area contributed by atoms with Crippen LogP contribution >= 0.6 is 0 Å². The van der Waals surface area contributed by atoms with Gasteiger partial charge in [-0.25, -0.2) is 26.4 Å². The highest BCUT2D eigenvalue weighted by Gasteiger charge is 2.28. The summed E-state index contributed by atoms with van der Waals surface area (Å²) in [7, 11) is -2.65. The Hall–Kier alpha value is -4.06. The molecule has 0 spiro atoms. The number of benzene rings is 2. The average molecular weight is 629 g/mol. The second kappa shape index (κ2) is 12.5. The smallest absolute Gasteiger partial charge is 0.410 e. The van der Waals surface area contributed by atoms with E-state index < -0.39 is 33.1 Å². The predicted octanol–water partition coefficient (Wildman–Crippen LogP) is 5.96. The monoisotopic (exact) mass is 628 g/mol. The molecule has 1 fully saturated rings. The normalized spacial score (nSPS) is 14.4. The van der Waals surface area contributed by atoms with Gasteiger partial charge >= 0.3 is 12.2 Å². The highest BCUT2D eigenvalue weighted by Crippen LogP contribution is 2.31. The standard InChI is InChI=1S/C32H41FN4O6S/c1-31(2,3)42-29(38)34(7)21-23-19-28(26-13-8-9-14-27(26)33)37(22-23)44(40,41)25-12-10-11-24(20-25)35-15-17-36(18-16-35)30(39)43-32(4,5)6/h8-14,19-20,22H,15-18,21H2,1-7H3. The molecule has 0 N–H and O–H groups in total. The van der Waals surface area contributed by atoms with E-state index in [1.54, 1.807) is 57.0 Å². The SMILES string of the molecule is CN(Cc1cc(-c2ccccc2F)n(S(=O)(=O)c2cccc(N3CCN(C(=O)OC(C)(C)C)CC3)c2)c1)C(=O)OC(C)(C)C. The van der Waals surface area contributed by atoms with Gasteiger partial charge in [-0.05, 0) is 83.5 Å². The lowest BCUT2D eigenvalue weighted by Crippen LogP contribution is -2.50. The van der Waals surface area contributed by atoms with Crippen LogP contribution in [-0.2, 0) is 26.0 Å². The van der Waals surface area contributed by atoms with E-state index in [9.17, 15) is 22.4 Å². The molecule has 0 bridgehead atoms. The topological polar surface area (TPSA) is 101 Å². The molecular formula is C32H41FN4O6S. The number of carbonyl (C=O) groups excluding carboxylic acids is 2. The fraction of sp³-hybridized carbons (Fsp3) is 0.438. The molecule has 2 heterocycles. The lowest BCUT2D eigenvalue weighted by atomic mass is 10.1. The molecule has 3 aromatic rings. The second-order valence-electron chi connectivity index (χ2n) is 12.8. The van der Waals surface area contributed by atoms with Crippen molar-refractivity contribution in [1.29, 1.82) is 0 Å². The Morgan fingerprint density at radius 3 is 2.14 bits per heavy atom. The number of aromatic nitrogens is 1. The molecule has 12 heteroatoms. The first-order chi connectivity index (χ1) is 20.4. The summed E-state index contributed by atoms with van der Waals surface area (Å²) in [6.45, 7) is 12.6. The van der Waals surface area contributed by atoms with Crippen LogP contribution in [0.25, 0.3) is 11.3 Å². The van der Waals surface area contributed by atoms with Crippen LogP contribution in [0.4, 0.5) is 19.7 Å². The van der Waals surface area contributed by atoms with Gasteiger partial charge in [0, 0.05) is 50.7 Å². The number of ether oxygens (including phenoxy) is 2. The van der Waals surface area contributed by atoms with Crippen molar-refractivity contribution in [2.24, 2.45) is 0 Å². The molecule has 1 aliphatic heterocycles. The second-order valence-corrected chi connectivity index (χ2v) is 14.6. The van der Waals surface area contributed by atoms with Crippen molar-refractivity contribution in [3.8, 4) is 11.3 Å². The van der Waals surface area contributed by atoms with E-state index in [0.717, 1.165) is 3.97 Å². The first-order valence-electron chi connectivity index (χ1n) is 14.4. The molecule has 4 rings (SSSR count). The van der Waals surface area contributed by atoms with Crippen molar-refractivity contribution in [2.45, 2.75) is 64.2 Å². The van der Waals surface area contributed by atoms with E-state index in [1.165, 1.54) is 35.4 Å². The zero-order valence-corrected chi connectivity index (χ0v) is 27.2. The lowest BCUT2D eigenvalue weighted by molar-refractivity contribution is 0.0238. The number of carbonyl (C=O) groups is 2. The average Bonchev–Trinajstić information content (AvgIpc) is 3.36. The summed E-state index contributed by atoms with van der Waals surface area (Å²) in [5.74, 6) is -0.578. The van der Waals surface area contributed by atoms with E-state index in [-0.39, 0.29) is 28.8 Å². The maximum absolute atomic E-state index is 15.0. The minimum Gasteiger partial charge on any atom is -0.444 e. The molecule has 0 unspecified atom stereocenters. The highest BCUT2D eigenvalue weighted by atomic mass is 32.2. The first-order valence-corrected chi connectivity index (χ1v) is 15.9. The Bertz CT molecular complexity index is 1620. The Morgan fingerprint density at radius 1 is 0.886 bits per heavy atom. The van der Waals surface area contributed by atoms with Gasteiger partial charge in [-0.1, -0.05) is 18.2 Å². The van der Waals surface area contributed by atoms with E-state index >= 15 is 0 Å². The van der Waals surface area contributed by atoms with Crippen molar-refractivity contribution < 1.29 is 31.9 Å². The van der Waals surface area contributed by atoms with Crippen LogP contribution in [0.2, 0.25) is 0 Å². The van der Waals surface area contributed by atoms with Crippen LogP contribution in [0.5, 0.6) is 0 Å². The van der Waals surface area contributed by atoms with Gasteiger partial charge < -0.3 is 24.2 Å². The van der Waals surface area contributed by atoms with Crippen molar-refractivity contribution in [2.75, 3.05) is 38.1 Å². The quantitative estimate of drug-likeness (QED) is 0.332. The Balaban J connectivity index is 1.63. The summed E-state index contributed by atoms with van der Waals surface area (Å²) >= 11 is 0. The predicted molar refractivity (Wildman–Crippen MR) is 167 cm³/mol. The molecule has 0 atom stereocenters. The number of nitrogens with zero attached hydrogens (tertiary/aromatic N) is 4. The van der Waals surface area contributed by atoms with Gasteiger partial charge in [-0.15, -0.1) is 0 Å². The van der Waals surface area contributed by atoms with Gasteiger partial charge in [0.05, 0.1) is 17.1 Å². The largest absolute Gasteiger partial charge is 0.444 e. The molecular weight excluding hydrogens is 587 g/mol. The van der Waals surface area contributed by atoms with Gasteiger partial charge in [-0.2, -0.15) is 0 Å². The fourth-order valence-corrected chi connectivity index (χ4v) is 6.19. The molecule has 10 nitrogen and oxygen atoms in total. The third-order valence-electron chi connectivity index (χ3n) is 6.79. The Labute approximate surface area is 259 Å². The zero-order chi connectivity index (χ0) is 32.4. The molecule has 0 saturated carbocycles. The third kappa shape index (κ3) is 7.90. The van der Waals surface area contributed by atoms with Crippen molar-refractivity contribution in [3.05, 3.63) is 72.2 Å². The van der Waals surface area contributed by atoms with Crippen LogP contribution in [0.3, 0.4) is 0 Å². The number of rotatable bonds is 6. The van der Waals surface area contributed by atoms with E-state index in [1.807, 2.05) is 31.7 Å². The van der Waals surface area contributed by atoms with Crippen LogP contribution < -0.4 is 4.90 Å². The van der Waals surface area contributed by atoms with Gasteiger partial charge in [0.25, 0.3) is 10.0 Å². The minimum absolute atomic E-state index is 0.0183. The molecule has 2 aromatic carbocycles. The van der Waals surface area contributed by atoms with Gasteiger partial charge in [0.15, 0.2) is 0 Å². The summed E-state index contributed by atoms with van der Waals surface area (Å²) in [6.07, 6.45) is 0.458. The third-order valence-corrected chi connectivity index (χ3v) is 8.46. The van der Waals surface area contributed by atoms with E-state index in [4.69, 9.17) is 9.47 Å². The number of piperazine rings is 1.